The Morgan fingerprint density at radius 3 is 2.39 bits per heavy atom. The van der Waals surface area contributed by atoms with Gasteiger partial charge < -0.3 is 4.43 Å². The van der Waals surface area contributed by atoms with Crippen LogP contribution in [0.5, 0.6) is 0 Å². The third kappa shape index (κ3) is 4.35. The minimum atomic E-state index is -1.64. The van der Waals surface area contributed by atoms with E-state index in [1.165, 1.54) is 0 Å². The van der Waals surface area contributed by atoms with Gasteiger partial charge >= 0.3 is 0 Å². The van der Waals surface area contributed by atoms with E-state index in [0.29, 0.717) is 6.61 Å². The highest BCUT2D eigenvalue weighted by Crippen LogP contribution is 2.36. The van der Waals surface area contributed by atoms with Crippen molar-refractivity contribution in [2.24, 2.45) is 0 Å². The standard InChI is InChI=1S/C14H24N2OSi/c1-12-10-16-13(11-15-12)8-7-9-17-18(5,6)14(2,3)4/h7-8,10-11H,9H2,1-6H3/b8-7+. The second-order valence-electron chi connectivity index (χ2n) is 6.06. The topological polar surface area (TPSA) is 35.0 Å². The van der Waals surface area contributed by atoms with E-state index in [9.17, 15) is 0 Å². The Labute approximate surface area is 111 Å². The molecule has 100 valence electrons. The van der Waals surface area contributed by atoms with Crippen LogP contribution in [0.4, 0.5) is 0 Å². The smallest absolute Gasteiger partial charge is 0.192 e. The molecule has 0 aliphatic carbocycles. The fourth-order valence-electron chi connectivity index (χ4n) is 1.13. The van der Waals surface area contributed by atoms with Gasteiger partial charge in [0.1, 0.15) is 0 Å². The van der Waals surface area contributed by atoms with Crippen LogP contribution in [-0.2, 0) is 4.43 Å². The van der Waals surface area contributed by atoms with Crippen LogP contribution >= 0.6 is 0 Å². The maximum Gasteiger partial charge on any atom is 0.192 e. The highest BCUT2D eigenvalue weighted by Gasteiger charge is 2.36. The summed E-state index contributed by atoms with van der Waals surface area (Å²) in [5.74, 6) is 0. The number of aromatic nitrogens is 2. The van der Waals surface area contributed by atoms with Gasteiger partial charge in [-0.15, -0.1) is 0 Å². The van der Waals surface area contributed by atoms with Gasteiger partial charge in [-0.25, -0.2) is 0 Å². The molecule has 1 aromatic heterocycles. The lowest BCUT2D eigenvalue weighted by Gasteiger charge is -2.35. The molecular weight excluding hydrogens is 240 g/mol. The third-order valence-electron chi connectivity index (χ3n) is 3.44. The van der Waals surface area contributed by atoms with E-state index in [1.807, 2.05) is 19.1 Å². The molecule has 0 fully saturated rings. The Bertz CT molecular complexity index is 405. The molecule has 1 rings (SSSR count). The lowest BCUT2D eigenvalue weighted by atomic mass is 10.2. The second-order valence-corrected chi connectivity index (χ2v) is 10.9. The van der Waals surface area contributed by atoms with E-state index >= 15 is 0 Å². The molecule has 18 heavy (non-hydrogen) atoms. The number of hydrogen-bond donors (Lipinski definition) is 0. The van der Waals surface area contributed by atoms with Crippen molar-refractivity contribution < 1.29 is 4.43 Å². The number of rotatable bonds is 4. The zero-order valence-electron chi connectivity index (χ0n) is 12.3. The Hall–Kier alpha value is -1.00. The van der Waals surface area contributed by atoms with Crippen LogP contribution in [0.3, 0.4) is 0 Å². The summed E-state index contributed by atoms with van der Waals surface area (Å²) in [6.45, 7) is 13.8. The molecule has 0 saturated heterocycles. The van der Waals surface area contributed by atoms with Gasteiger partial charge in [-0.2, -0.15) is 0 Å². The van der Waals surface area contributed by atoms with Gasteiger partial charge in [0.15, 0.2) is 8.32 Å². The Kier molecular flexibility index (Phi) is 4.82. The monoisotopic (exact) mass is 264 g/mol. The largest absolute Gasteiger partial charge is 0.413 e. The fraction of sp³-hybridized carbons (Fsp3) is 0.571. The van der Waals surface area contributed by atoms with Crippen LogP contribution in [0.2, 0.25) is 18.1 Å². The summed E-state index contributed by atoms with van der Waals surface area (Å²) in [7, 11) is -1.64. The highest BCUT2D eigenvalue weighted by atomic mass is 28.4. The van der Waals surface area contributed by atoms with Gasteiger partial charge in [0.2, 0.25) is 0 Å². The van der Waals surface area contributed by atoms with Crippen LogP contribution in [-0.4, -0.2) is 24.9 Å². The molecule has 1 heterocycles. The highest BCUT2D eigenvalue weighted by molar-refractivity contribution is 6.74. The first kappa shape index (κ1) is 15.1. The maximum absolute atomic E-state index is 6.04. The molecule has 4 heteroatoms. The molecular formula is C14H24N2OSi. The van der Waals surface area contributed by atoms with Crippen molar-refractivity contribution in [3.05, 3.63) is 29.9 Å². The number of nitrogens with zero attached hydrogens (tertiary/aromatic N) is 2. The molecule has 0 unspecified atom stereocenters. The van der Waals surface area contributed by atoms with Gasteiger partial charge in [0, 0.05) is 6.20 Å². The van der Waals surface area contributed by atoms with Gasteiger partial charge in [-0.1, -0.05) is 26.8 Å². The SMILES string of the molecule is Cc1cnc(/C=C/CO[Si](C)(C)C(C)(C)C)cn1. The quantitative estimate of drug-likeness (QED) is 0.775. The van der Waals surface area contributed by atoms with Crippen LogP contribution in [0.1, 0.15) is 32.2 Å². The predicted molar refractivity (Wildman–Crippen MR) is 79.0 cm³/mol. The summed E-state index contributed by atoms with van der Waals surface area (Å²) in [6.07, 6.45) is 7.52. The minimum absolute atomic E-state index is 0.254. The first-order valence-corrected chi connectivity index (χ1v) is 9.22. The molecule has 0 saturated carbocycles. The Balaban J connectivity index is 2.49. The average molecular weight is 264 g/mol. The molecule has 3 nitrogen and oxygen atoms in total. The van der Waals surface area contributed by atoms with Crippen molar-refractivity contribution in [2.75, 3.05) is 6.61 Å². The molecule has 0 aliphatic rings. The van der Waals surface area contributed by atoms with Crippen molar-refractivity contribution >= 4 is 14.4 Å². The van der Waals surface area contributed by atoms with E-state index in [0.717, 1.165) is 11.4 Å². The van der Waals surface area contributed by atoms with Gasteiger partial charge in [0.25, 0.3) is 0 Å². The molecule has 0 amide bonds. The van der Waals surface area contributed by atoms with Gasteiger partial charge in [-0.05, 0) is 31.1 Å². The predicted octanol–water partition coefficient (Wildman–Crippen LogP) is 3.82. The lowest BCUT2D eigenvalue weighted by molar-refractivity contribution is 0.328. The van der Waals surface area contributed by atoms with Gasteiger partial charge in [-0.3, -0.25) is 9.97 Å². The first-order chi connectivity index (χ1) is 8.22. The van der Waals surface area contributed by atoms with Crippen molar-refractivity contribution in [1.82, 2.24) is 9.97 Å². The van der Waals surface area contributed by atoms with Crippen LogP contribution in [0.25, 0.3) is 6.08 Å². The van der Waals surface area contributed by atoms with Crippen molar-refractivity contribution in [2.45, 2.75) is 45.8 Å². The molecule has 0 spiro atoms. The maximum atomic E-state index is 6.04. The summed E-state index contributed by atoms with van der Waals surface area (Å²) >= 11 is 0. The van der Waals surface area contributed by atoms with Crippen molar-refractivity contribution in [3.8, 4) is 0 Å². The van der Waals surface area contributed by atoms with E-state index in [1.54, 1.807) is 12.4 Å². The summed E-state index contributed by atoms with van der Waals surface area (Å²) in [4.78, 5) is 8.47. The Morgan fingerprint density at radius 2 is 1.89 bits per heavy atom. The second kappa shape index (κ2) is 5.76. The van der Waals surface area contributed by atoms with Crippen molar-refractivity contribution in [1.29, 1.82) is 0 Å². The lowest BCUT2D eigenvalue weighted by Crippen LogP contribution is -2.40. The molecule has 0 bridgehead atoms. The number of hydrogen-bond acceptors (Lipinski definition) is 3. The summed E-state index contributed by atoms with van der Waals surface area (Å²) in [5, 5.41) is 0.254. The van der Waals surface area contributed by atoms with Crippen LogP contribution in [0.15, 0.2) is 18.5 Å². The van der Waals surface area contributed by atoms with Crippen LogP contribution in [0, 0.1) is 6.92 Å². The number of aryl methyl sites for hydroxylation is 1. The normalized spacial score (nSPS) is 13.2. The van der Waals surface area contributed by atoms with Gasteiger partial charge in [0.05, 0.1) is 24.2 Å². The fourth-order valence-corrected chi connectivity index (χ4v) is 2.08. The van der Waals surface area contributed by atoms with E-state index in [4.69, 9.17) is 4.43 Å². The molecule has 0 atom stereocenters. The third-order valence-corrected chi connectivity index (χ3v) is 7.94. The Morgan fingerprint density at radius 1 is 1.22 bits per heavy atom. The summed E-state index contributed by atoms with van der Waals surface area (Å²) < 4.78 is 6.04. The zero-order chi connectivity index (χ0) is 13.8. The van der Waals surface area contributed by atoms with Crippen LogP contribution < -0.4 is 0 Å². The minimum Gasteiger partial charge on any atom is -0.413 e. The molecule has 1 aromatic rings. The molecule has 0 radical (unpaired) electrons. The van der Waals surface area contributed by atoms with E-state index in [2.05, 4.69) is 43.8 Å². The summed E-state index contributed by atoms with van der Waals surface area (Å²) in [6, 6.07) is 0. The van der Waals surface area contributed by atoms with E-state index in [-0.39, 0.29) is 5.04 Å². The van der Waals surface area contributed by atoms with E-state index < -0.39 is 8.32 Å². The van der Waals surface area contributed by atoms with Crippen molar-refractivity contribution in [3.63, 3.8) is 0 Å². The molecule has 0 aromatic carbocycles. The first-order valence-electron chi connectivity index (χ1n) is 6.31. The average Bonchev–Trinajstić information content (AvgIpc) is 2.25. The summed E-state index contributed by atoms with van der Waals surface area (Å²) in [5.41, 5.74) is 1.81. The molecule has 0 aliphatic heterocycles. The molecule has 0 N–H and O–H groups in total. The zero-order valence-corrected chi connectivity index (χ0v) is 13.3.